The highest BCUT2D eigenvalue weighted by atomic mass is 16.5. The van der Waals surface area contributed by atoms with Gasteiger partial charge in [0.1, 0.15) is 23.0 Å². The van der Waals surface area contributed by atoms with E-state index in [9.17, 15) is 0 Å². The monoisotopic (exact) mass is 282 g/mol. The number of nitriles is 1. The van der Waals surface area contributed by atoms with Crippen LogP contribution in [0.15, 0.2) is 30.3 Å². The number of fused-ring (bicyclic) bond motifs is 1. The van der Waals surface area contributed by atoms with Gasteiger partial charge in [-0.05, 0) is 30.5 Å². The largest absolute Gasteiger partial charge is 0.491 e. The van der Waals surface area contributed by atoms with E-state index < -0.39 is 0 Å². The molecular formula is C18H22N2O. The molecule has 21 heavy (non-hydrogen) atoms. The maximum absolute atomic E-state index is 8.99. The van der Waals surface area contributed by atoms with E-state index in [1.165, 1.54) is 19.3 Å². The molecule has 3 nitrogen and oxygen atoms in total. The summed E-state index contributed by atoms with van der Waals surface area (Å²) in [5, 5.41) is 10.00. The Hall–Kier alpha value is -2.08. The first-order valence-electron chi connectivity index (χ1n) is 7.71. The molecule has 0 fully saturated rings. The molecule has 2 aromatic rings. The Labute approximate surface area is 126 Å². The van der Waals surface area contributed by atoms with E-state index in [-0.39, 0.29) is 0 Å². The Balaban J connectivity index is 2.16. The van der Waals surface area contributed by atoms with Gasteiger partial charge in [0.15, 0.2) is 0 Å². The summed E-state index contributed by atoms with van der Waals surface area (Å²) in [5.74, 6) is 1.36. The van der Waals surface area contributed by atoms with Gasteiger partial charge in [-0.15, -0.1) is 0 Å². The normalized spacial score (nSPS) is 12.0. The summed E-state index contributed by atoms with van der Waals surface area (Å²) in [6.45, 7) is 5.14. The first-order chi connectivity index (χ1) is 10.3. The third-order valence-corrected chi connectivity index (χ3v) is 3.82. The lowest BCUT2D eigenvalue weighted by atomic mass is 10.0. The quantitative estimate of drug-likeness (QED) is 0.739. The van der Waals surface area contributed by atoms with E-state index in [0.717, 1.165) is 23.1 Å². The summed E-state index contributed by atoms with van der Waals surface area (Å²) in [4.78, 5) is 4.37. The van der Waals surface area contributed by atoms with Crippen molar-refractivity contribution >= 4 is 10.9 Å². The van der Waals surface area contributed by atoms with Crippen LogP contribution in [0, 0.1) is 17.2 Å². The van der Waals surface area contributed by atoms with Gasteiger partial charge in [0.25, 0.3) is 0 Å². The first kappa shape index (κ1) is 15.3. The fourth-order valence-electron chi connectivity index (χ4n) is 2.40. The van der Waals surface area contributed by atoms with E-state index >= 15 is 0 Å². The molecule has 0 saturated heterocycles. The van der Waals surface area contributed by atoms with Crippen LogP contribution >= 0.6 is 0 Å². The highest BCUT2D eigenvalue weighted by molar-refractivity contribution is 5.84. The average molecular weight is 282 g/mol. The second kappa shape index (κ2) is 7.64. The van der Waals surface area contributed by atoms with Crippen LogP contribution in [0.3, 0.4) is 0 Å². The molecule has 2 rings (SSSR count). The standard InChI is InChI=1S/C18H22N2O/c1-3-5-7-14(4-2)13-21-17-9-6-8-15-10-11-16(12-19)20-18(15)17/h6,8-11,14H,3-5,7,13H2,1-2H3. The van der Waals surface area contributed by atoms with Gasteiger partial charge in [-0.1, -0.05) is 45.2 Å². The van der Waals surface area contributed by atoms with Crippen LogP contribution in [0.4, 0.5) is 0 Å². The van der Waals surface area contributed by atoms with Gasteiger partial charge in [0.05, 0.1) is 6.61 Å². The number of rotatable bonds is 7. The molecule has 1 atom stereocenters. The van der Waals surface area contributed by atoms with Gasteiger partial charge < -0.3 is 4.74 Å². The molecule has 3 heteroatoms. The number of unbranched alkanes of at least 4 members (excludes halogenated alkanes) is 1. The van der Waals surface area contributed by atoms with Crippen molar-refractivity contribution in [3.63, 3.8) is 0 Å². The van der Waals surface area contributed by atoms with Crippen molar-refractivity contribution in [2.75, 3.05) is 6.61 Å². The van der Waals surface area contributed by atoms with Gasteiger partial charge in [-0.2, -0.15) is 5.26 Å². The van der Waals surface area contributed by atoms with Crippen molar-refractivity contribution in [3.05, 3.63) is 36.0 Å². The Morgan fingerprint density at radius 2 is 2.10 bits per heavy atom. The van der Waals surface area contributed by atoms with Crippen molar-refractivity contribution in [1.82, 2.24) is 4.98 Å². The molecule has 0 N–H and O–H groups in total. The Morgan fingerprint density at radius 1 is 1.24 bits per heavy atom. The summed E-state index contributed by atoms with van der Waals surface area (Å²) in [6, 6.07) is 11.6. The van der Waals surface area contributed by atoms with E-state index in [0.29, 0.717) is 18.2 Å². The van der Waals surface area contributed by atoms with Gasteiger partial charge in [-0.3, -0.25) is 0 Å². The Morgan fingerprint density at radius 3 is 2.81 bits per heavy atom. The smallest absolute Gasteiger partial charge is 0.145 e. The van der Waals surface area contributed by atoms with Crippen LogP contribution < -0.4 is 4.74 Å². The van der Waals surface area contributed by atoms with Gasteiger partial charge >= 0.3 is 0 Å². The molecule has 1 aromatic carbocycles. The van der Waals surface area contributed by atoms with E-state index in [1.807, 2.05) is 24.3 Å². The summed E-state index contributed by atoms with van der Waals surface area (Å²) in [7, 11) is 0. The SMILES string of the molecule is CCCCC(CC)COc1cccc2ccc(C#N)nc12. The van der Waals surface area contributed by atoms with Gasteiger partial charge in [-0.25, -0.2) is 4.98 Å². The number of nitrogens with zero attached hydrogens (tertiary/aromatic N) is 2. The molecule has 0 aliphatic rings. The number of pyridine rings is 1. The highest BCUT2D eigenvalue weighted by Crippen LogP contribution is 2.25. The minimum absolute atomic E-state index is 0.427. The van der Waals surface area contributed by atoms with Gasteiger partial charge in [0.2, 0.25) is 0 Å². The molecule has 0 spiro atoms. The molecule has 0 aliphatic heterocycles. The third kappa shape index (κ3) is 3.95. The molecule has 1 aromatic heterocycles. The molecule has 0 aliphatic carbocycles. The molecule has 0 bridgehead atoms. The van der Waals surface area contributed by atoms with Crippen molar-refractivity contribution in [3.8, 4) is 11.8 Å². The second-order valence-electron chi connectivity index (χ2n) is 5.36. The van der Waals surface area contributed by atoms with E-state index in [4.69, 9.17) is 10.00 Å². The molecular weight excluding hydrogens is 260 g/mol. The third-order valence-electron chi connectivity index (χ3n) is 3.82. The highest BCUT2D eigenvalue weighted by Gasteiger charge is 2.09. The van der Waals surface area contributed by atoms with Crippen molar-refractivity contribution in [2.24, 2.45) is 5.92 Å². The minimum atomic E-state index is 0.427. The fraction of sp³-hybridized carbons (Fsp3) is 0.444. The maximum atomic E-state index is 8.99. The van der Waals surface area contributed by atoms with Crippen LogP contribution in [-0.4, -0.2) is 11.6 Å². The average Bonchev–Trinajstić information content (AvgIpc) is 2.54. The molecule has 1 heterocycles. The number of hydrogen-bond acceptors (Lipinski definition) is 3. The number of aromatic nitrogens is 1. The van der Waals surface area contributed by atoms with Gasteiger partial charge in [0, 0.05) is 5.39 Å². The van der Waals surface area contributed by atoms with E-state index in [1.54, 1.807) is 6.07 Å². The lowest BCUT2D eigenvalue weighted by Gasteiger charge is -2.16. The minimum Gasteiger partial charge on any atom is -0.491 e. The number of hydrogen-bond donors (Lipinski definition) is 0. The summed E-state index contributed by atoms with van der Waals surface area (Å²) < 4.78 is 6.00. The fourth-order valence-corrected chi connectivity index (χ4v) is 2.40. The zero-order valence-corrected chi connectivity index (χ0v) is 12.8. The van der Waals surface area contributed by atoms with Crippen LogP contribution in [-0.2, 0) is 0 Å². The molecule has 1 unspecified atom stereocenters. The van der Waals surface area contributed by atoms with Crippen molar-refractivity contribution in [2.45, 2.75) is 39.5 Å². The van der Waals surface area contributed by atoms with Crippen molar-refractivity contribution in [1.29, 1.82) is 5.26 Å². The number of benzene rings is 1. The zero-order valence-electron chi connectivity index (χ0n) is 12.8. The predicted octanol–water partition coefficient (Wildman–Crippen LogP) is 4.70. The summed E-state index contributed by atoms with van der Waals surface area (Å²) in [5.41, 5.74) is 1.21. The summed E-state index contributed by atoms with van der Waals surface area (Å²) >= 11 is 0. The topological polar surface area (TPSA) is 45.9 Å². The first-order valence-corrected chi connectivity index (χ1v) is 7.71. The second-order valence-corrected chi connectivity index (χ2v) is 5.36. The number of ether oxygens (including phenoxy) is 1. The van der Waals surface area contributed by atoms with Crippen molar-refractivity contribution < 1.29 is 4.74 Å². The maximum Gasteiger partial charge on any atom is 0.145 e. The van der Waals surface area contributed by atoms with Crippen LogP contribution in [0.2, 0.25) is 0 Å². The Kier molecular flexibility index (Phi) is 5.57. The van der Waals surface area contributed by atoms with Crippen LogP contribution in [0.5, 0.6) is 5.75 Å². The lowest BCUT2D eigenvalue weighted by molar-refractivity contribution is 0.235. The van der Waals surface area contributed by atoms with Crippen LogP contribution in [0.25, 0.3) is 10.9 Å². The molecule has 110 valence electrons. The molecule has 0 saturated carbocycles. The van der Waals surface area contributed by atoms with E-state index in [2.05, 4.69) is 24.9 Å². The number of para-hydroxylation sites is 1. The Bertz CT molecular complexity index is 631. The molecule has 0 radical (unpaired) electrons. The van der Waals surface area contributed by atoms with Crippen LogP contribution in [0.1, 0.15) is 45.2 Å². The summed E-state index contributed by atoms with van der Waals surface area (Å²) in [6.07, 6.45) is 4.79. The predicted molar refractivity (Wildman–Crippen MR) is 85.3 cm³/mol. The lowest BCUT2D eigenvalue weighted by Crippen LogP contribution is -2.11. The zero-order chi connectivity index (χ0) is 15.1. The molecule has 0 amide bonds.